The van der Waals surface area contributed by atoms with Gasteiger partial charge in [0.2, 0.25) is 11.8 Å². The number of amides is 3. The van der Waals surface area contributed by atoms with E-state index in [-0.39, 0.29) is 29.8 Å². The first kappa shape index (κ1) is 27.7. The Bertz CT molecular complexity index is 886. The van der Waals surface area contributed by atoms with E-state index in [9.17, 15) is 14.4 Å². The van der Waals surface area contributed by atoms with Crippen LogP contribution in [0.2, 0.25) is 0 Å². The second-order valence-corrected chi connectivity index (χ2v) is 10.8. The van der Waals surface area contributed by atoms with Crippen LogP contribution < -0.4 is 10.6 Å². The highest BCUT2D eigenvalue weighted by Crippen LogP contribution is 2.37. The van der Waals surface area contributed by atoms with Gasteiger partial charge in [-0.3, -0.25) is 9.59 Å². The summed E-state index contributed by atoms with van der Waals surface area (Å²) in [5, 5.41) is 5.83. The maximum Gasteiger partial charge on any atom is 0.408 e. The Morgan fingerprint density at radius 1 is 1.09 bits per heavy atom. The first-order valence-electron chi connectivity index (χ1n) is 12.4. The molecule has 1 aliphatic carbocycles. The van der Waals surface area contributed by atoms with Crippen molar-refractivity contribution in [3.05, 3.63) is 34.9 Å². The van der Waals surface area contributed by atoms with Crippen LogP contribution in [0.3, 0.4) is 0 Å². The highest BCUT2D eigenvalue weighted by molar-refractivity contribution is 5.93. The largest absolute Gasteiger partial charge is 0.444 e. The van der Waals surface area contributed by atoms with E-state index in [1.165, 1.54) is 0 Å². The summed E-state index contributed by atoms with van der Waals surface area (Å²) in [6.45, 7) is 17.1. The topological polar surface area (TPSA) is 87.7 Å². The average Bonchev–Trinajstić information content (AvgIpc) is 3.54. The monoisotopic (exact) mass is 473 g/mol. The molecule has 0 bridgehead atoms. The van der Waals surface area contributed by atoms with Gasteiger partial charge in [-0.1, -0.05) is 38.5 Å². The summed E-state index contributed by atoms with van der Waals surface area (Å²) >= 11 is 0. The van der Waals surface area contributed by atoms with E-state index in [1.54, 1.807) is 25.7 Å². The van der Waals surface area contributed by atoms with Crippen LogP contribution in [0.25, 0.3) is 0 Å². The summed E-state index contributed by atoms with van der Waals surface area (Å²) in [4.78, 5) is 42.0. The third-order valence-corrected chi connectivity index (χ3v) is 6.24. The third-order valence-electron chi connectivity index (χ3n) is 6.24. The highest BCUT2D eigenvalue weighted by Gasteiger charge is 2.45. The lowest BCUT2D eigenvalue weighted by molar-refractivity contribution is -0.144. The van der Waals surface area contributed by atoms with Gasteiger partial charge in [0, 0.05) is 12.1 Å². The lowest BCUT2D eigenvalue weighted by atomic mass is 9.92. The summed E-state index contributed by atoms with van der Waals surface area (Å²) in [6.07, 6.45) is 1.73. The van der Waals surface area contributed by atoms with Gasteiger partial charge in [-0.15, -0.1) is 0 Å². The lowest BCUT2D eigenvalue weighted by Crippen LogP contribution is -2.56. The van der Waals surface area contributed by atoms with Gasteiger partial charge in [0.1, 0.15) is 17.7 Å². The predicted molar refractivity (Wildman–Crippen MR) is 134 cm³/mol. The Labute approximate surface area is 205 Å². The molecular weight excluding hydrogens is 430 g/mol. The van der Waals surface area contributed by atoms with Crippen molar-refractivity contribution in [2.45, 2.75) is 111 Å². The molecule has 1 saturated carbocycles. The molecule has 1 aromatic carbocycles. The van der Waals surface area contributed by atoms with E-state index in [0.717, 1.165) is 29.5 Å². The van der Waals surface area contributed by atoms with Gasteiger partial charge in [0.25, 0.3) is 0 Å². The predicted octanol–water partition coefficient (Wildman–Crippen LogP) is 4.80. The van der Waals surface area contributed by atoms with Gasteiger partial charge >= 0.3 is 6.09 Å². The molecule has 1 aliphatic rings. The van der Waals surface area contributed by atoms with Crippen LogP contribution in [0.15, 0.2) is 18.2 Å². The molecule has 3 unspecified atom stereocenters. The van der Waals surface area contributed by atoms with Crippen molar-refractivity contribution in [1.82, 2.24) is 15.5 Å². The zero-order valence-electron chi connectivity index (χ0n) is 22.3. The van der Waals surface area contributed by atoms with Crippen LogP contribution in [0.4, 0.5) is 4.79 Å². The highest BCUT2D eigenvalue weighted by atomic mass is 16.6. The summed E-state index contributed by atoms with van der Waals surface area (Å²) in [5.74, 6) is -0.578. The van der Waals surface area contributed by atoms with Crippen LogP contribution in [-0.2, 0) is 14.3 Å². The van der Waals surface area contributed by atoms with E-state index in [4.69, 9.17) is 4.74 Å². The lowest BCUT2D eigenvalue weighted by Gasteiger charge is -2.37. The van der Waals surface area contributed by atoms with Gasteiger partial charge in [-0.2, -0.15) is 0 Å². The number of hydrogen-bond acceptors (Lipinski definition) is 4. The Hall–Kier alpha value is -2.57. The Kier molecular flexibility index (Phi) is 9.15. The zero-order valence-corrected chi connectivity index (χ0v) is 22.3. The molecule has 0 saturated heterocycles. The number of nitrogens with zero attached hydrogens (tertiary/aromatic N) is 1. The SMILES string of the molecule is CCC(C)C(NC(=O)OC(C)(C)C)C(=O)N(C1CC1)C(C(=O)NC(C)C)c1cccc(C)c1C. The fourth-order valence-corrected chi connectivity index (χ4v) is 4.00. The second-order valence-electron chi connectivity index (χ2n) is 10.8. The molecule has 0 heterocycles. The van der Waals surface area contributed by atoms with Crippen LogP contribution in [0, 0.1) is 19.8 Å². The van der Waals surface area contributed by atoms with Crippen molar-refractivity contribution in [1.29, 1.82) is 0 Å². The fraction of sp³-hybridized carbons (Fsp3) is 0.667. The van der Waals surface area contributed by atoms with Gasteiger partial charge < -0.3 is 20.3 Å². The Morgan fingerprint density at radius 2 is 1.71 bits per heavy atom. The molecule has 0 radical (unpaired) electrons. The number of nitrogens with one attached hydrogen (secondary N) is 2. The standard InChI is InChI=1S/C27H43N3O4/c1-10-17(4)22(29-26(33)34-27(7,8)9)25(32)30(20-14-15-20)23(24(31)28-16(2)3)21-13-11-12-18(5)19(21)6/h11-13,16-17,20,22-23H,10,14-15H2,1-9H3,(H,28,31)(H,29,33). The zero-order chi connectivity index (χ0) is 25.8. The Balaban J connectivity index is 2.51. The molecule has 0 aromatic heterocycles. The maximum absolute atomic E-state index is 14.1. The molecule has 1 aromatic rings. The number of carbonyl (C=O) groups excluding carboxylic acids is 3. The van der Waals surface area contributed by atoms with Crippen molar-refractivity contribution in [3.63, 3.8) is 0 Å². The minimum atomic E-state index is -0.792. The molecule has 190 valence electrons. The smallest absolute Gasteiger partial charge is 0.408 e. The van der Waals surface area contributed by atoms with Crippen molar-refractivity contribution in [2.75, 3.05) is 0 Å². The third kappa shape index (κ3) is 7.21. The first-order valence-corrected chi connectivity index (χ1v) is 12.4. The molecule has 3 atom stereocenters. The number of rotatable bonds is 9. The molecule has 0 aliphatic heterocycles. The van der Waals surface area contributed by atoms with Crippen molar-refractivity contribution in [3.8, 4) is 0 Å². The Morgan fingerprint density at radius 3 is 2.21 bits per heavy atom. The number of aryl methyl sites for hydroxylation is 1. The molecule has 2 rings (SSSR count). The summed E-state index contributed by atoms with van der Waals surface area (Å²) in [5.41, 5.74) is 2.19. The molecule has 0 spiro atoms. The number of hydrogen-bond donors (Lipinski definition) is 2. The number of benzene rings is 1. The quantitative estimate of drug-likeness (QED) is 0.539. The van der Waals surface area contributed by atoms with Gasteiger partial charge in [0.05, 0.1) is 0 Å². The van der Waals surface area contributed by atoms with Crippen molar-refractivity contribution in [2.24, 2.45) is 5.92 Å². The minimum Gasteiger partial charge on any atom is -0.444 e. The van der Waals surface area contributed by atoms with Gasteiger partial charge in [-0.25, -0.2) is 4.79 Å². The molecule has 7 heteroatoms. The van der Waals surface area contributed by atoms with E-state index in [1.807, 2.05) is 59.7 Å². The van der Waals surface area contributed by atoms with Gasteiger partial charge in [-0.05, 0) is 83.9 Å². The molecular formula is C27H43N3O4. The van der Waals surface area contributed by atoms with Crippen LogP contribution >= 0.6 is 0 Å². The van der Waals surface area contributed by atoms with E-state index >= 15 is 0 Å². The molecule has 7 nitrogen and oxygen atoms in total. The van der Waals surface area contributed by atoms with Crippen molar-refractivity contribution >= 4 is 17.9 Å². The number of carbonyl (C=O) groups is 3. The molecule has 3 amide bonds. The van der Waals surface area contributed by atoms with E-state index in [2.05, 4.69) is 10.6 Å². The molecule has 34 heavy (non-hydrogen) atoms. The van der Waals surface area contributed by atoms with Crippen LogP contribution in [-0.4, -0.2) is 46.5 Å². The molecule has 1 fully saturated rings. The summed E-state index contributed by atoms with van der Waals surface area (Å²) in [6, 6.07) is 4.19. The average molecular weight is 474 g/mol. The van der Waals surface area contributed by atoms with E-state index in [0.29, 0.717) is 6.42 Å². The van der Waals surface area contributed by atoms with Crippen LogP contribution in [0.1, 0.15) is 90.5 Å². The fourth-order valence-electron chi connectivity index (χ4n) is 4.00. The maximum atomic E-state index is 14.1. The number of alkyl carbamates (subject to hydrolysis) is 1. The normalized spacial score (nSPS) is 16.4. The molecule has 2 N–H and O–H groups in total. The number of ether oxygens (including phenoxy) is 1. The van der Waals surface area contributed by atoms with E-state index < -0.39 is 23.8 Å². The summed E-state index contributed by atoms with van der Waals surface area (Å²) in [7, 11) is 0. The minimum absolute atomic E-state index is 0.0395. The van der Waals surface area contributed by atoms with Gasteiger partial charge in [0.15, 0.2) is 0 Å². The first-order chi connectivity index (χ1) is 15.8. The second kappa shape index (κ2) is 11.2. The summed E-state index contributed by atoms with van der Waals surface area (Å²) < 4.78 is 5.45. The van der Waals surface area contributed by atoms with Crippen molar-refractivity contribution < 1.29 is 19.1 Å². The van der Waals surface area contributed by atoms with Crippen LogP contribution in [0.5, 0.6) is 0 Å².